The van der Waals surface area contributed by atoms with Crippen molar-refractivity contribution in [3.8, 4) is 0 Å². The van der Waals surface area contributed by atoms with Gasteiger partial charge in [-0.05, 0) is 12.8 Å². The van der Waals surface area contributed by atoms with E-state index in [9.17, 15) is 4.79 Å². The Bertz CT molecular complexity index is 295. The lowest BCUT2D eigenvalue weighted by Crippen LogP contribution is -1.98. The number of halogens is 1. The number of carbonyl (C=O) groups is 1. The second-order valence-electron chi connectivity index (χ2n) is 4.00. The van der Waals surface area contributed by atoms with Crippen LogP contribution in [-0.2, 0) is 0 Å². The number of benzene rings is 1. The van der Waals surface area contributed by atoms with E-state index in [2.05, 4.69) is 15.9 Å². The van der Waals surface area contributed by atoms with Gasteiger partial charge in [-0.2, -0.15) is 0 Å². The number of hydrogen-bond donors (Lipinski definition) is 0. The van der Waals surface area contributed by atoms with Gasteiger partial charge in [-0.15, -0.1) is 0 Å². The smallest absolute Gasteiger partial charge is 0.162 e. The van der Waals surface area contributed by atoms with Gasteiger partial charge in [0.2, 0.25) is 0 Å². The standard InChI is InChI=1S/C14H19BrO/c15-12-8-3-1-2-7-11-14(16)13-9-5-4-6-10-13/h4-6,9-10H,1-3,7-8,11-12H2. The van der Waals surface area contributed by atoms with Crippen molar-refractivity contribution in [3.63, 3.8) is 0 Å². The van der Waals surface area contributed by atoms with Crippen molar-refractivity contribution in [2.75, 3.05) is 5.33 Å². The van der Waals surface area contributed by atoms with Gasteiger partial charge < -0.3 is 0 Å². The molecule has 1 aromatic rings. The van der Waals surface area contributed by atoms with Gasteiger partial charge in [0.1, 0.15) is 0 Å². The van der Waals surface area contributed by atoms with E-state index in [1.807, 2.05) is 30.3 Å². The minimum absolute atomic E-state index is 0.279. The third-order valence-electron chi connectivity index (χ3n) is 2.63. The summed E-state index contributed by atoms with van der Waals surface area (Å²) in [5.74, 6) is 0.279. The summed E-state index contributed by atoms with van der Waals surface area (Å²) in [6, 6.07) is 9.57. The molecular formula is C14H19BrO. The highest BCUT2D eigenvalue weighted by Gasteiger charge is 2.03. The van der Waals surface area contributed by atoms with Crippen LogP contribution in [-0.4, -0.2) is 11.1 Å². The fourth-order valence-corrected chi connectivity index (χ4v) is 2.08. The van der Waals surface area contributed by atoms with E-state index in [-0.39, 0.29) is 5.78 Å². The Hall–Kier alpha value is -0.630. The van der Waals surface area contributed by atoms with Crippen LogP contribution in [0.1, 0.15) is 48.9 Å². The van der Waals surface area contributed by atoms with Crippen LogP contribution >= 0.6 is 15.9 Å². The van der Waals surface area contributed by atoms with Crippen molar-refractivity contribution in [1.82, 2.24) is 0 Å². The molecule has 0 aromatic heterocycles. The highest BCUT2D eigenvalue weighted by atomic mass is 79.9. The molecular weight excluding hydrogens is 264 g/mol. The molecule has 0 N–H and O–H groups in total. The summed E-state index contributed by atoms with van der Waals surface area (Å²) >= 11 is 3.42. The second-order valence-corrected chi connectivity index (χ2v) is 4.79. The Morgan fingerprint density at radius 1 is 0.938 bits per heavy atom. The minimum atomic E-state index is 0.279. The van der Waals surface area contributed by atoms with Gasteiger partial charge in [0, 0.05) is 17.3 Å². The van der Waals surface area contributed by atoms with E-state index in [4.69, 9.17) is 0 Å². The molecule has 0 heterocycles. The lowest BCUT2D eigenvalue weighted by Gasteiger charge is -2.01. The normalized spacial score (nSPS) is 10.3. The zero-order valence-corrected chi connectivity index (χ0v) is 11.2. The van der Waals surface area contributed by atoms with Crippen LogP contribution in [0.4, 0.5) is 0 Å². The molecule has 0 saturated carbocycles. The van der Waals surface area contributed by atoms with Crippen molar-refractivity contribution in [1.29, 1.82) is 0 Å². The third-order valence-corrected chi connectivity index (χ3v) is 3.19. The van der Waals surface area contributed by atoms with Crippen LogP contribution in [0, 0.1) is 0 Å². The summed E-state index contributed by atoms with van der Waals surface area (Å²) in [7, 11) is 0. The molecule has 0 aliphatic heterocycles. The lowest BCUT2D eigenvalue weighted by atomic mass is 10.0. The van der Waals surface area contributed by atoms with Gasteiger partial charge in [0.15, 0.2) is 5.78 Å². The van der Waals surface area contributed by atoms with Crippen molar-refractivity contribution >= 4 is 21.7 Å². The predicted octanol–water partition coefficient (Wildman–Crippen LogP) is 4.60. The van der Waals surface area contributed by atoms with E-state index in [0.29, 0.717) is 6.42 Å². The molecule has 0 fully saturated rings. The molecule has 1 rings (SSSR count). The summed E-state index contributed by atoms with van der Waals surface area (Å²) in [6.07, 6.45) is 6.64. The fourth-order valence-electron chi connectivity index (χ4n) is 1.68. The summed E-state index contributed by atoms with van der Waals surface area (Å²) in [4.78, 5) is 11.7. The van der Waals surface area contributed by atoms with Gasteiger partial charge >= 0.3 is 0 Å². The molecule has 0 unspecified atom stereocenters. The largest absolute Gasteiger partial charge is 0.294 e. The highest BCUT2D eigenvalue weighted by Crippen LogP contribution is 2.10. The molecule has 0 saturated heterocycles. The molecule has 0 spiro atoms. The van der Waals surface area contributed by atoms with Gasteiger partial charge in [0.25, 0.3) is 0 Å². The zero-order chi connectivity index (χ0) is 11.6. The first-order chi connectivity index (χ1) is 7.84. The van der Waals surface area contributed by atoms with Crippen molar-refractivity contribution < 1.29 is 4.79 Å². The minimum Gasteiger partial charge on any atom is -0.294 e. The Labute approximate surface area is 106 Å². The first-order valence-corrected chi connectivity index (χ1v) is 7.11. The molecule has 0 atom stereocenters. The molecule has 0 radical (unpaired) electrons. The quantitative estimate of drug-likeness (QED) is 0.387. The van der Waals surface area contributed by atoms with Crippen LogP contribution in [0.25, 0.3) is 0 Å². The van der Waals surface area contributed by atoms with E-state index in [1.165, 1.54) is 25.7 Å². The Balaban J connectivity index is 2.12. The number of ketones is 1. The van der Waals surface area contributed by atoms with E-state index in [0.717, 1.165) is 17.3 Å². The van der Waals surface area contributed by atoms with Crippen LogP contribution in [0.5, 0.6) is 0 Å². The Kier molecular flexibility index (Phi) is 7.15. The van der Waals surface area contributed by atoms with Crippen LogP contribution in [0.15, 0.2) is 30.3 Å². The third kappa shape index (κ3) is 5.45. The van der Waals surface area contributed by atoms with Crippen LogP contribution in [0.3, 0.4) is 0 Å². The van der Waals surface area contributed by atoms with Crippen LogP contribution in [0.2, 0.25) is 0 Å². The summed E-state index contributed by atoms with van der Waals surface area (Å²) < 4.78 is 0. The van der Waals surface area contributed by atoms with Gasteiger partial charge in [-0.3, -0.25) is 4.79 Å². The first kappa shape index (κ1) is 13.4. The maximum absolute atomic E-state index is 11.7. The van der Waals surface area contributed by atoms with Crippen LogP contribution < -0.4 is 0 Å². The summed E-state index contributed by atoms with van der Waals surface area (Å²) in [5.41, 5.74) is 0.850. The topological polar surface area (TPSA) is 17.1 Å². The number of rotatable bonds is 8. The van der Waals surface area contributed by atoms with Crippen molar-refractivity contribution in [3.05, 3.63) is 35.9 Å². The number of unbranched alkanes of at least 4 members (excludes halogenated alkanes) is 4. The zero-order valence-electron chi connectivity index (χ0n) is 9.62. The SMILES string of the molecule is O=C(CCCCCCCBr)c1ccccc1. The Morgan fingerprint density at radius 2 is 1.56 bits per heavy atom. The molecule has 0 aliphatic carbocycles. The lowest BCUT2D eigenvalue weighted by molar-refractivity contribution is 0.0979. The molecule has 16 heavy (non-hydrogen) atoms. The van der Waals surface area contributed by atoms with Gasteiger partial charge in [0.05, 0.1) is 0 Å². The molecule has 1 aromatic carbocycles. The number of Topliss-reactive ketones (excluding diaryl/α,β-unsaturated/α-hetero) is 1. The average molecular weight is 283 g/mol. The van der Waals surface area contributed by atoms with Gasteiger partial charge in [-0.25, -0.2) is 0 Å². The second kappa shape index (κ2) is 8.51. The molecule has 0 amide bonds. The number of alkyl halides is 1. The van der Waals surface area contributed by atoms with E-state index < -0.39 is 0 Å². The van der Waals surface area contributed by atoms with Crippen molar-refractivity contribution in [2.24, 2.45) is 0 Å². The number of hydrogen-bond acceptors (Lipinski definition) is 1. The number of carbonyl (C=O) groups excluding carboxylic acids is 1. The molecule has 88 valence electrons. The maximum atomic E-state index is 11.7. The highest BCUT2D eigenvalue weighted by molar-refractivity contribution is 9.09. The molecule has 0 aliphatic rings. The predicted molar refractivity (Wildman–Crippen MR) is 72.3 cm³/mol. The molecule has 2 heteroatoms. The van der Waals surface area contributed by atoms with E-state index in [1.54, 1.807) is 0 Å². The Morgan fingerprint density at radius 3 is 2.25 bits per heavy atom. The van der Waals surface area contributed by atoms with Gasteiger partial charge in [-0.1, -0.05) is 65.5 Å². The molecule has 1 nitrogen and oxygen atoms in total. The fraction of sp³-hybridized carbons (Fsp3) is 0.500. The molecule has 0 bridgehead atoms. The monoisotopic (exact) mass is 282 g/mol. The van der Waals surface area contributed by atoms with E-state index >= 15 is 0 Å². The summed E-state index contributed by atoms with van der Waals surface area (Å²) in [5, 5.41) is 1.09. The van der Waals surface area contributed by atoms with Crippen molar-refractivity contribution in [2.45, 2.75) is 38.5 Å². The summed E-state index contributed by atoms with van der Waals surface area (Å²) in [6.45, 7) is 0. The maximum Gasteiger partial charge on any atom is 0.162 e. The average Bonchev–Trinajstić information content (AvgIpc) is 2.34. The first-order valence-electron chi connectivity index (χ1n) is 5.99.